The van der Waals surface area contributed by atoms with Crippen LogP contribution >= 0.6 is 11.6 Å². The molecular formula is C20H20ClN3O3. The number of carbonyl (C=O) groups is 1. The highest BCUT2D eigenvalue weighted by atomic mass is 35.5. The minimum Gasteiger partial charge on any atom is -0.496 e. The molecule has 3 aromatic rings. The fourth-order valence-electron chi connectivity index (χ4n) is 2.58. The molecule has 0 unspecified atom stereocenters. The molecular weight excluding hydrogens is 366 g/mol. The zero-order valence-corrected chi connectivity index (χ0v) is 15.9. The Kier molecular flexibility index (Phi) is 5.98. The van der Waals surface area contributed by atoms with Crippen molar-refractivity contribution >= 4 is 17.5 Å². The van der Waals surface area contributed by atoms with Crippen molar-refractivity contribution in [1.82, 2.24) is 15.1 Å². The Morgan fingerprint density at radius 3 is 2.67 bits per heavy atom. The summed E-state index contributed by atoms with van der Waals surface area (Å²) >= 11 is 5.93. The molecule has 6 nitrogen and oxygen atoms in total. The van der Waals surface area contributed by atoms with E-state index in [1.807, 2.05) is 43.3 Å². The van der Waals surface area contributed by atoms with Crippen LogP contribution in [0.4, 0.5) is 0 Å². The summed E-state index contributed by atoms with van der Waals surface area (Å²) in [4.78, 5) is 12.2. The third kappa shape index (κ3) is 4.80. The van der Waals surface area contributed by atoms with Crippen LogP contribution in [0, 0.1) is 6.92 Å². The number of rotatable bonds is 7. The number of benzene rings is 2. The van der Waals surface area contributed by atoms with Crippen molar-refractivity contribution in [2.24, 2.45) is 0 Å². The van der Waals surface area contributed by atoms with E-state index in [-0.39, 0.29) is 12.5 Å². The van der Waals surface area contributed by atoms with E-state index in [4.69, 9.17) is 21.1 Å². The molecule has 1 aromatic heterocycles. The first-order valence-electron chi connectivity index (χ1n) is 8.41. The van der Waals surface area contributed by atoms with Gasteiger partial charge in [-0.25, -0.2) is 4.68 Å². The Bertz CT molecular complexity index is 922. The Labute approximate surface area is 162 Å². The summed E-state index contributed by atoms with van der Waals surface area (Å²) in [6.07, 6.45) is 0. The molecule has 27 heavy (non-hydrogen) atoms. The molecule has 0 atom stereocenters. The molecule has 0 aliphatic heterocycles. The minimum atomic E-state index is -0.234. The first-order valence-corrected chi connectivity index (χ1v) is 8.78. The zero-order chi connectivity index (χ0) is 19.2. The summed E-state index contributed by atoms with van der Waals surface area (Å²) in [5.74, 6) is 0.986. The lowest BCUT2D eigenvalue weighted by atomic mass is 10.2. The highest BCUT2D eigenvalue weighted by molar-refractivity contribution is 6.30. The van der Waals surface area contributed by atoms with Crippen LogP contribution in [0.25, 0.3) is 5.69 Å². The number of amides is 1. The van der Waals surface area contributed by atoms with E-state index >= 15 is 0 Å². The molecule has 1 heterocycles. The lowest BCUT2D eigenvalue weighted by molar-refractivity contribution is -0.123. The number of aromatic nitrogens is 2. The Morgan fingerprint density at radius 1 is 1.19 bits per heavy atom. The third-order valence-corrected chi connectivity index (χ3v) is 4.14. The lowest BCUT2D eigenvalue weighted by Crippen LogP contribution is -2.28. The van der Waals surface area contributed by atoms with E-state index in [0.29, 0.717) is 17.4 Å². The quantitative estimate of drug-likeness (QED) is 0.675. The predicted octanol–water partition coefficient (Wildman–Crippen LogP) is 3.54. The van der Waals surface area contributed by atoms with Gasteiger partial charge in [-0.05, 0) is 37.3 Å². The molecule has 0 spiro atoms. The average molecular weight is 386 g/mol. The molecule has 0 aliphatic carbocycles. The van der Waals surface area contributed by atoms with Crippen molar-refractivity contribution in [3.05, 3.63) is 70.9 Å². The second-order valence-electron chi connectivity index (χ2n) is 5.89. The number of nitrogens with zero attached hydrogens (tertiary/aromatic N) is 2. The molecule has 7 heteroatoms. The van der Waals surface area contributed by atoms with Crippen LogP contribution in [0.2, 0.25) is 5.02 Å². The highest BCUT2D eigenvalue weighted by Crippen LogP contribution is 2.21. The number of nitrogens with one attached hydrogen (secondary N) is 1. The van der Waals surface area contributed by atoms with Gasteiger partial charge in [0.2, 0.25) is 5.88 Å². The van der Waals surface area contributed by atoms with Crippen LogP contribution in [0.3, 0.4) is 0 Å². The van der Waals surface area contributed by atoms with Gasteiger partial charge in [-0.1, -0.05) is 29.8 Å². The third-order valence-electron chi connectivity index (χ3n) is 3.89. The molecule has 1 amide bonds. The standard InChI is InChI=1S/C20H20ClN3O3/c1-14-11-20(24(23-14)17-9-7-16(21)8-10-17)27-13-19(25)22-12-15-5-3-4-6-18(15)26-2/h3-11H,12-13H2,1-2H3,(H,22,25). The molecule has 2 aromatic carbocycles. The maximum Gasteiger partial charge on any atom is 0.258 e. The number of ether oxygens (including phenoxy) is 2. The molecule has 0 radical (unpaired) electrons. The number of carbonyl (C=O) groups excluding carboxylic acids is 1. The minimum absolute atomic E-state index is 0.117. The second-order valence-corrected chi connectivity index (χ2v) is 6.33. The zero-order valence-electron chi connectivity index (χ0n) is 15.1. The summed E-state index contributed by atoms with van der Waals surface area (Å²) in [5.41, 5.74) is 2.49. The van der Waals surface area contributed by atoms with Crippen molar-refractivity contribution in [1.29, 1.82) is 0 Å². The van der Waals surface area contributed by atoms with E-state index in [1.165, 1.54) is 0 Å². The summed E-state index contributed by atoms with van der Waals surface area (Å²) in [6.45, 7) is 2.11. The Balaban J connectivity index is 1.61. The Morgan fingerprint density at radius 2 is 1.93 bits per heavy atom. The highest BCUT2D eigenvalue weighted by Gasteiger charge is 2.11. The largest absolute Gasteiger partial charge is 0.496 e. The van der Waals surface area contributed by atoms with Gasteiger partial charge in [-0.15, -0.1) is 0 Å². The molecule has 0 saturated carbocycles. The molecule has 0 saturated heterocycles. The van der Waals surface area contributed by atoms with E-state index in [1.54, 1.807) is 30.0 Å². The maximum atomic E-state index is 12.2. The topological polar surface area (TPSA) is 65.4 Å². The van der Waals surface area contributed by atoms with Crippen molar-refractivity contribution in [3.63, 3.8) is 0 Å². The van der Waals surface area contributed by atoms with E-state index in [2.05, 4.69) is 10.4 Å². The monoisotopic (exact) mass is 385 g/mol. The normalized spacial score (nSPS) is 10.5. The van der Waals surface area contributed by atoms with Crippen LogP contribution in [0.15, 0.2) is 54.6 Å². The summed E-state index contributed by atoms with van der Waals surface area (Å²) in [7, 11) is 1.60. The first-order chi connectivity index (χ1) is 13.1. The summed E-state index contributed by atoms with van der Waals surface area (Å²) in [6, 6.07) is 16.5. The molecule has 0 aliphatic rings. The number of methoxy groups -OCH3 is 1. The van der Waals surface area contributed by atoms with Gasteiger partial charge in [-0.2, -0.15) is 5.10 Å². The number of para-hydroxylation sites is 1. The van der Waals surface area contributed by atoms with Crippen LogP contribution in [-0.4, -0.2) is 29.4 Å². The van der Waals surface area contributed by atoms with Gasteiger partial charge in [0.1, 0.15) is 5.75 Å². The van der Waals surface area contributed by atoms with Crippen LogP contribution in [-0.2, 0) is 11.3 Å². The van der Waals surface area contributed by atoms with Gasteiger partial charge in [-0.3, -0.25) is 4.79 Å². The summed E-state index contributed by atoms with van der Waals surface area (Å²) in [5, 5.41) is 7.87. The van der Waals surface area contributed by atoms with Gasteiger partial charge >= 0.3 is 0 Å². The second kappa shape index (κ2) is 8.60. The van der Waals surface area contributed by atoms with Gasteiger partial charge < -0.3 is 14.8 Å². The fraction of sp³-hybridized carbons (Fsp3) is 0.200. The van der Waals surface area contributed by atoms with Crippen LogP contribution in [0.5, 0.6) is 11.6 Å². The Hall–Kier alpha value is -2.99. The van der Waals surface area contributed by atoms with Gasteiger partial charge in [0.25, 0.3) is 5.91 Å². The van der Waals surface area contributed by atoms with Crippen molar-refractivity contribution in [3.8, 4) is 17.3 Å². The molecule has 3 rings (SSSR count). The van der Waals surface area contributed by atoms with Gasteiger partial charge in [0, 0.05) is 23.2 Å². The smallest absolute Gasteiger partial charge is 0.258 e. The van der Waals surface area contributed by atoms with Gasteiger partial charge in [0.05, 0.1) is 18.5 Å². The average Bonchev–Trinajstić information content (AvgIpc) is 3.06. The molecule has 0 bridgehead atoms. The lowest BCUT2D eigenvalue weighted by Gasteiger charge is -2.11. The maximum absolute atomic E-state index is 12.2. The van der Waals surface area contributed by atoms with Crippen LogP contribution < -0.4 is 14.8 Å². The van der Waals surface area contributed by atoms with E-state index < -0.39 is 0 Å². The SMILES string of the molecule is COc1ccccc1CNC(=O)COc1cc(C)nn1-c1ccc(Cl)cc1. The predicted molar refractivity (Wildman–Crippen MR) is 104 cm³/mol. The molecule has 0 fully saturated rings. The fourth-order valence-corrected chi connectivity index (χ4v) is 2.71. The van der Waals surface area contributed by atoms with Gasteiger partial charge in [0.15, 0.2) is 6.61 Å². The van der Waals surface area contributed by atoms with E-state index in [0.717, 1.165) is 22.7 Å². The first kappa shape index (κ1) is 18.8. The number of hydrogen-bond donors (Lipinski definition) is 1. The van der Waals surface area contributed by atoms with Crippen molar-refractivity contribution in [2.75, 3.05) is 13.7 Å². The van der Waals surface area contributed by atoms with E-state index in [9.17, 15) is 4.79 Å². The number of aryl methyl sites for hydroxylation is 1. The van der Waals surface area contributed by atoms with Crippen LogP contribution in [0.1, 0.15) is 11.3 Å². The molecule has 1 N–H and O–H groups in total. The number of halogens is 1. The van der Waals surface area contributed by atoms with Crippen molar-refractivity contribution in [2.45, 2.75) is 13.5 Å². The van der Waals surface area contributed by atoms with Crippen molar-refractivity contribution < 1.29 is 14.3 Å². The number of hydrogen-bond acceptors (Lipinski definition) is 4. The summed E-state index contributed by atoms with van der Waals surface area (Å²) < 4.78 is 12.6. The molecule has 140 valence electrons.